The van der Waals surface area contributed by atoms with Crippen molar-refractivity contribution in [1.29, 1.82) is 0 Å². The molecule has 2 aliphatic rings. The molecule has 2 aromatic heterocycles. The monoisotopic (exact) mass is 397 g/mol. The largest absolute Gasteiger partial charge is 0.342 e. The van der Waals surface area contributed by atoms with Crippen LogP contribution in [0.3, 0.4) is 0 Å². The Kier molecular flexibility index (Phi) is 5.32. The first-order chi connectivity index (χ1) is 13.8. The number of nitrogens with zero attached hydrogens (tertiary/aromatic N) is 5. The van der Waals surface area contributed by atoms with Gasteiger partial charge in [-0.05, 0) is 51.5 Å². The SMILES string of the molecule is Cc1cc(C(=O)N2CCC(C(=O)N3CCCC(C)C3)CC2)c2c(C)nn(C)c2n1. The number of likely N-dealkylation sites (tertiary alicyclic amines) is 2. The molecule has 4 heterocycles. The minimum absolute atomic E-state index is 0.0223. The molecule has 1 atom stereocenters. The summed E-state index contributed by atoms with van der Waals surface area (Å²) < 4.78 is 1.74. The number of aryl methyl sites for hydroxylation is 3. The van der Waals surface area contributed by atoms with Crippen LogP contribution in [0.2, 0.25) is 0 Å². The van der Waals surface area contributed by atoms with Gasteiger partial charge in [0.15, 0.2) is 5.65 Å². The Morgan fingerprint density at radius 2 is 1.79 bits per heavy atom. The first-order valence-electron chi connectivity index (χ1n) is 10.7. The number of hydrogen-bond acceptors (Lipinski definition) is 4. The van der Waals surface area contributed by atoms with E-state index in [0.29, 0.717) is 24.6 Å². The quantitative estimate of drug-likeness (QED) is 0.781. The molecule has 1 unspecified atom stereocenters. The summed E-state index contributed by atoms with van der Waals surface area (Å²) in [5.74, 6) is 0.945. The number of carbonyl (C=O) groups excluding carboxylic acids is 2. The average molecular weight is 398 g/mol. The van der Waals surface area contributed by atoms with E-state index >= 15 is 0 Å². The van der Waals surface area contributed by atoms with Gasteiger partial charge in [0.2, 0.25) is 5.91 Å². The lowest BCUT2D eigenvalue weighted by atomic mass is 9.92. The van der Waals surface area contributed by atoms with Crippen molar-refractivity contribution in [3.8, 4) is 0 Å². The van der Waals surface area contributed by atoms with E-state index in [1.54, 1.807) is 4.68 Å². The van der Waals surface area contributed by atoms with Gasteiger partial charge in [-0.15, -0.1) is 0 Å². The minimum Gasteiger partial charge on any atom is -0.342 e. The molecule has 0 radical (unpaired) electrons. The normalized spacial score (nSPS) is 21.0. The lowest BCUT2D eigenvalue weighted by Crippen LogP contribution is -2.47. The van der Waals surface area contributed by atoms with Crippen LogP contribution in [0.4, 0.5) is 0 Å². The maximum Gasteiger partial charge on any atom is 0.254 e. The predicted molar refractivity (Wildman–Crippen MR) is 112 cm³/mol. The number of fused-ring (bicyclic) bond motifs is 1. The van der Waals surface area contributed by atoms with E-state index in [-0.39, 0.29) is 17.7 Å². The Morgan fingerprint density at radius 3 is 2.48 bits per heavy atom. The molecular weight excluding hydrogens is 366 g/mol. The number of amides is 2. The molecule has 7 heteroatoms. The van der Waals surface area contributed by atoms with E-state index in [0.717, 1.165) is 54.8 Å². The van der Waals surface area contributed by atoms with Crippen molar-refractivity contribution >= 4 is 22.8 Å². The predicted octanol–water partition coefficient (Wildman–Crippen LogP) is 2.70. The number of aromatic nitrogens is 3. The molecule has 2 saturated heterocycles. The van der Waals surface area contributed by atoms with Gasteiger partial charge in [-0.25, -0.2) is 4.98 Å². The second-order valence-corrected chi connectivity index (χ2v) is 8.82. The molecule has 0 saturated carbocycles. The van der Waals surface area contributed by atoms with Gasteiger partial charge in [0.25, 0.3) is 5.91 Å². The molecule has 0 aromatic carbocycles. The number of carbonyl (C=O) groups is 2. The summed E-state index contributed by atoms with van der Waals surface area (Å²) in [6.45, 7) is 9.06. The molecule has 4 rings (SSSR count). The van der Waals surface area contributed by atoms with Crippen LogP contribution >= 0.6 is 0 Å². The maximum atomic E-state index is 13.3. The van der Waals surface area contributed by atoms with Crippen molar-refractivity contribution in [3.05, 3.63) is 23.0 Å². The van der Waals surface area contributed by atoms with Gasteiger partial charge in [-0.1, -0.05) is 6.92 Å². The van der Waals surface area contributed by atoms with Crippen molar-refractivity contribution in [2.45, 2.75) is 46.5 Å². The van der Waals surface area contributed by atoms with Crippen molar-refractivity contribution in [2.24, 2.45) is 18.9 Å². The fraction of sp³-hybridized carbons (Fsp3) is 0.636. The first kappa shape index (κ1) is 19.9. The Labute approximate surface area is 172 Å². The number of hydrogen-bond donors (Lipinski definition) is 0. The van der Waals surface area contributed by atoms with Gasteiger partial charge in [0.05, 0.1) is 16.6 Å². The van der Waals surface area contributed by atoms with Crippen LogP contribution in [0.25, 0.3) is 11.0 Å². The van der Waals surface area contributed by atoms with Crippen LogP contribution in [0.15, 0.2) is 6.07 Å². The molecule has 0 bridgehead atoms. The molecule has 0 N–H and O–H groups in total. The maximum absolute atomic E-state index is 13.3. The summed E-state index contributed by atoms with van der Waals surface area (Å²) in [6, 6.07) is 1.87. The Morgan fingerprint density at radius 1 is 1.07 bits per heavy atom. The zero-order valence-electron chi connectivity index (χ0n) is 17.9. The second-order valence-electron chi connectivity index (χ2n) is 8.82. The molecular formula is C22H31N5O2. The van der Waals surface area contributed by atoms with Crippen LogP contribution < -0.4 is 0 Å². The minimum atomic E-state index is 0.0223. The van der Waals surface area contributed by atoms with Gasteiger partial charge < -0.3 is 9.80 Å². The Balaban J connectivity index is 1.47. The van der Waals surface area contributed by atoms with Crippen LogP contribution in [0.1, 0.15) is 54.4 Å². The summed E-state index contributed by atoms with van der Waals surface area (Å²) in [6.07, 6.45) is 3.81. The summed E-state index contributed by atoms with van der Waals surface area (Å²) >= 11 is 0. The van der Waals surface area contributed by atoms with E-state index in [4.69, 9.17) is 0 Å². The van der Waals surface area contributed by atoms with E-state index < -0.39 is 0 Å². The molecule has 29 heavy (non-hydrogen) atoms. The molecule has 2 aliphatic heterocycles. The number of pyridine rings is 1. The van der Waals surface area contributed by atoms with Crippen LogP contribution in [-0.2, 0) is 11.8 Å². The van der Waals surface area contributed by atoms with Crippen LogP contribution in [0.5, 0.6) is 0 Å². The highest BCUT2D eigenvalue weighted by Gasteiger charge is 2.32. The van der Waals surface area contributed by atoms with Crippen LogP contribution in [0, 0.1) is 25.7 Å². The Hall–Kier alpha value is -2.44. The summed E-state index contributed by atoms with van der Waals surface area (Å²) in [7, 11) is 1.86. The molecule has 7 nitrogen and oxygen atoms in total. The summed E-state index contributed by atoms with van der Waals surface area (Å²) in [4.78, 5) is 34.7. The molecule has 2 fully saturated rings. The molecule has 156 valence electrons. The molecule has 0 spiro atoms. The van der Waals surface area contributed by atoms with E-state index in [9.17, 15) is 9.59 Å². The highest BCUT2D eigenvalue weighted by Crippen LogP contribution is 2.27. The number of piperidine rings is 2. The van der Waals surface area contributed by atoms with Gasteiger partial charge in [0, 0.05) is 44.8 Å². The highest BCUT2D eigenvalue weighted by molar-refractivity contribution is 6.06. The van der Waals surface area contributed by atoms with Gasteiger partial charge in [-0.3, -0.25) is 14.3 Å². The second kappa shape index (κ2) is 7.76. The highest BCUT2D eigenvalue weighted by atomic mass is 16.2. The molecule has 0 aliphatic carbocycles. The van der Waals surface area contributed by atoms with Crippen molar-refractivity contribution < 1.29 is 9.59 Å². The number of rotatable bonds is 2. The van der Waals surface area contributed by atoms with E-state index in [2.05, 4.69) is 17.0 Å². The zero-order valence-corrected chi connectivity index (χ0v) is 17.9. The smallest absolute Gasteiger partial charge is 0.254 e. The summed E-state index contributed by atoms with van der Waals surface area (Å²) in [5.41, 5.74) is 3.05. The van der Waals surface area contributed by atoms with Gasteiger partial charge in [-0.2, -0.15) is 5.10 Å². The van der Waals surface area contributed by atoms with Gasteiger partial charge in [0.1, 0.15) is 0 Å². The van der Waals surface area contributed by atoms with Gasteiger partial charge >= 0.3 is 0 Å². The van der Waals surface area contributed by atoms with Crippen molar-refractivity contribution in [2.75, 3.05) is 26.2 Å². The van der Waals surface area contributed by atoms with Crippen molar-refractivity contribution in [3.63, 3.8) is 0 Å². The molecule has 2 aromatic rings. The zero-order chi connectivity index (χ0) is 20.7. The van der Waals surface area contributed by atoms with E-state index in [1.165, 1.54) is 6.42 Å². The molecule has 2 amide bonds. The fourth-order valence-corrected chi connectivity index (χ4v) is 4.89. The topological polar surface area (TPSA) is 71.3 Å². The van der Waals surface area contributed by atoms with Crippen molar-refractivity contribution in [1.82, 2.24) is 24.6 Å². The lowest BCUT2D eigenvalue weighted by Gasteiger charge is -2.37. The fourth-order valence-electron chi connectivity index (χ4n) is 4.89. The lowest BCUT2D eigenvalue weighted by molar-refractivity contribution is -0.138. The van der Waals surface area contributed by atoms with Crippen LogP contribution in [-0.4, -0.2) is 62.6 Å². The van der Waals surface area contributed by atoms with E-state index in [1.807, 2.05) is 36.8 Å². The third kappa shape index (κ3) is 3.74. The Bertz CT molecular complexity index is 942. The third-order valence-electron chi connectivity index (χ3n) is 6.43. The third-order valence-corrected chi connectivity index (χ3v) is 6.43. The average Bonchev–Trinajstić information content (AvgIpc) is 3.00. The standard InChI is InChI=1S/C22H31N5O2/c1-14-6-5-9-27(13-14)21(28)17-7-10-26(11-8-17)22(29)18-12-15(2)23-20-19(18)16(3)24-25(20)4/h12,14,17H,5-11,13H2,1-4H3. The first-order valence-corrected chi connectivity index (χ1v) is 10.7. The summed E-state index contributed by atoms with van der Waals surface area (Å²) in [5, 5.41) is 5.28.